The van der Waals surface area contributed by atoms with Gasteiger partial charge in [-0.2, -0.15) is 0 Å². The Kier molecular flexibility index (Phi) is 7.85. The second-order valence-electron chi connectivity index (χ2n) is 8.41. The molecule has 2 amide bonds. The Morgan fingerprint density at radius 1 is 1.06 bits per heavy atom. The number of benzene rings is 2. The number of nitrogens with one attached hydrogen (secondary N) is 2. The first-order valence-electron chi connectivity index (χ1n) is 10.6. The van der Waals surface area contributed by atoms with Gasteiger partial charge in [-0.3, -0.25) is 9.59 Å². The molecule has 172 valence electrons. The molecule has 0 bridgehead atoms. The minimum absolute atomic E-state index is 0.296. The third-order valence-corrected chi connectivity index (χ3v) is 6.19. The first-order chi connectivity index (χ1) is 15.2. The number of ether oxygens (including phenoxy) is 1. The van der Waals surface area contributed by atoms with Crippen LogP contribution >= 0.6 is 11.6 Å². The van der Waals surface area contributed by atoms with E-state index in [-0.39, 0.29) is 11.3 Å². The summed E-state index contributed by atoms with van der Waals surface area (Å²) >= 11 is 6.03. The number of halogens is 3. The van der Waals surface area contributed by atoms with E-state index in [9.17, 15) is 18.4 Å². The van der Waals surface area contributed by atoms with E-state index in [0.29, 0.717) is 37.6 Å². The zero-order valence-electron chi connectivity index (χ0n) is 18.1. The van der Waals surface area contributed by atoms with Crippen LogP contribution in [-0.4, -0.2) is 37.6 Å². The maximum absolute atomic E-state index is 14.0. The van der Waals surface area contributed by atoms with Crippen LogP contribution in [-0.2, 0) is 14.9 Å². The molecule has 1 saturated heterocycles. The smallest absolute Gasteiger partial charge is 0.257 e. The first-order valence-corrected chi connectivity index (χ1v) is 11.0. The van der Waals surface area contributed by atoms with Crippen molar-refractivity contribution < 1.29 is 23.1 Å². The van der Waals surface area contributed by atoms with Crippen molar-refractivity contribution in [3.63, 3.8) is 0 Å². The van der Waals surface area contributed by atoms with Gasteiger partial charge in [-0.05, 0) is 48.6 Å². The van der Waals surface area contributed by atoms with Crippen molar-refractivity contribution in [3.8, 4) is 0 Å². The van der Waals surface area contributed by atoms with Crippen LogP contribution in [0, 0.1) is 17.6 Å². The lowest BCUT2D eigenvalue weighted by Crippen LogP contribution is -2.53. The van der Waals surface area contributed by atoms with Crippen molar-refractivity contribution >= 4 is 23.4 Å². The first kappa shape index (κ1) is 24.1. The lowest BCUT2D eigenvalue weighted by molar-refractivity contribution is -0.124. The van der Waals surface area contributed by atoms with Gasteiger partial charge in [0.25, 0.3) is 5.91 Å². The quantitative estimate of drug-likeness (QED) is 0.644. The summed E-state index contributed by atoms with van der Waals surface area (Å²) in [5, 5.41) is 6.06. The summed E-state index contributed by atoms with van der Waals surface area (Å²) in [5.41, 5.74) is 0.0128. The average molecular weight is 465 g/mol. The van der Waals surface area contributed by atoms with Crippen molar-refractivity contribution in [2.75, 3.05) is 19.8 Å². The maximum atomic E-state index is 14.0. The van der Waals surface area contributed by atoms with Gasteiger partial charge in [-0.1, -0.05) is 43.6 Å². The highest BCUT2D eigenvalue weighted by Gasteiger charge is 2.36. The molecule has 5 nitrogen and oxygen atoms in total. The van der Waals surface area contributed by atoms with Crippen LogP contribution in [0.3, 0.4) is 0 Å². The second-order valence-corrected chi connectivity index (χ2v) is 8.85. The summed E-state index contributed by atoms with van der Waals surface area (Å²) in [6.07, 6.45) is 1.43. The Morgan fingerprint density at radius 2 is 1.66 bits per heavy atom. The van der Waals surface area contributed by atoms with Gasteiger partial charge >= 0.3 is 0 Å². The molecular formula is C24H27ClF2N2O3. The number of carbonyl (C=O) groups excluding carboxylic acids is 2. The van der Waals surface area contributed by atoms with Crippen LogP contribution in [0.2, 0.25) is 5.02 Å². The van der Waals surface area contributed by atoms with E-state index in [2.05, 4.69) is 10.6 Å². The molecular weight excluding hydrogens is 438 g/mol. The third kappa shape index (κ3) is 5.45. The Labute approximate surface area is 191 Å². The van der Waals surface area contributed by atoms with E-state index in [1.807, 2.05) is 24.3 Å². The predicted octanol–water partition coefficient (Wildman–Crippen LogP) is 4.24. The van der Waals surface area contributed by atoms with Gasteiger partial charge < -0.3 is 15.4 Å². The standard InChI is InChI=1S/C24H27ClF2N2O3/c1-15(2)21(29-22(30)20-18(26)4-3-5-19(20)27)23(31)28-14-24(10-12-32-13-11-24)16-6-8-17(25)9-7-16/h3-9,15,21H,10-14H2,1-2H3,(H,28,31)(H,29,30)/t21-/m0/s1. The fourth-order valence-electron chi connectivity index (χ4n) is 3.96. The highest BCUT2D eigenvalue weighted by atomic mass is 35.5. The van der Waals surface area contributed by atoms with Crippen LogP contribution in [0.4, 0.5) is 8.78 Å². The Hall–Kier alpha value is -2.51. The summed E-state index contributed by atoms with van der Waals surface area (Å²) in [6.45, 7) is 4.98. The van der Waals surface area contributed by atoms with E-state index in [4.69, 9.17) is 16.3 Å². The van der Waals surface area contributed by atoms with Crippen molar-refractivity contribution in [2.24, 2.45) is 5.92 Å². The SMILES string of the molecule is CC(C)[C@H](NC(=O)c1c(F)cccc1F)C(=O)NCC1(c2ccc(Cl)cc2)CCOCC1. The number of hydrogen-bond acceptors (Lipinski definition) is 3. The van der Waals surface area contributed by atoms with Gasteiger partial charge in [-0.25, -0.2) is 8.78 Å². The van der Waals surface area contributed by atoms with E-state index in [1.54, 1.807) is 13.8 Å². The van der Waals surface area contributed by atoms with Gasteiger partial charge in [0.05, 0.1) is 0 Å². The number of hydrogen-bond donors (Lipinski definition) is 2. The average Bonchev–Trinajstić information content (AvgIpc) is 2.76. The molecule has 0 radical (unpaired) electrons. The summed E-state index contributed by atoms with van der Waals surface area (Å²) in [4.78, 5) is 25.6. The molecule has 2 N–H and O–H groups in total. The zero-order valence-corrected chi connectivity index (χ0v) is 18.8. The molecule has 3 rings (SSSR count). The normalized spacial score (nSPS) is 16.4. The van der Waals surface area contributed by atoms with Gasteiger partial charge in [0, 0.05) is 30.2 Å². The molecule has 0 aliphatic carbocycles. The summed E-state index contributed by atoms with van der Waals surface area (Å²) in [6, 6.07) is 9.76. The fourth-order valence-corrected chi connectivity index (χ4v) is 4.09. The van der Waals surface area contributed by atoms with Crippen LogP contribution in [0.15, 0.2) is 42.5 Å². The van der Waals surface area contributed by atoms with Crippen LogP contribution in [0.5, 0.6) is 0 Å². The Morgan fingerprint density at radius 3 is 2.22 bits per heavy atom. The van der Waals surface area contributed by atoms with Crippen LogP contribution in [0.1, 0.15) is 42.6 Å². The summed E-state index contributed by atoms with van der Waals surface area (Å²) < 4.78 is 33.5. The molecule has 2 aromatic rings. The minimum atomic E-state index is -0.977. The Balaban J connectivity index is 1.75. The monoisotopic (exact) mass is 464 g/mol. The number of amides is 2. The van der Waals surface area contributed by atoms with Crippen LogP contribution in [0.25, 0.3) is 0 Å². The van der Waals surface area contributed by atoms with E-state index in [0.717, 1.165) is 17.7 Å². The summed E-state index contributed by atoms with van der Waals surface area (Å²) in [5.74, 6) is -3.63. The van der Waals surface area contributed by atoms with Crippen molar-refractivity contribution in [3.05, 3.63) is 70.2 Å². The van der Waals surface area contributed by atoms with E-state index < -0.39 is 35.1 Å². The number of rotatable bonds is 7. The van der Waals surface area contributed by atoms with Crippen LogP contribution < -0.4 is 10.6 Å². The van der Waals surface area contributed by atoms with E-state index in [1.165, 1.54) is 6.07 Å². The largest absolute Gasteiger partial charge is 0.381 e. The molecule has 2 aromatic carbocycles. The molecule has 1 fully saturated rings. The van der Waals surface area contributed by atoms with Gasteiger partial charge in [0.2, 0.25) is 5.91 Å². The van der Waals surface area contributed by atoms with Gasteiger partial charge in [0.1, 0.15) is 23.2 Å². The van der Waals surface area contributed by atoms with Crippen molar-refractivity contribution in [1.29, 1.82) is 0 Å². The molecule has 1 aliphatic rings. The zero-order chi connectivity index (χ0) is 23.3. The fraction of sp³-hybridized carbons (Fsp3) is 0.417. The second kappa shape index (κ2) is 10.4. The highest BCUT2D eigenvalue weighted by molar-refractivity contribution is 6.30. The lowest BCUT2D eigenvalue weighted by atomic mass is 9.74. The molecule has 0 spiro atoms. The van der Waals surface area contributed by atoms with Crippen molar-refractivity contribution in [1.82, 2.24) is 10.6 Å². The molecule has 0 saturated carbocycles. The molecule has 8 heteroatoms. The highest BCUT2D eigenvalue weighted by Crippen LogP contribution is 2.35. The molecule has 1 heterocycles. The molecule has 0 aromatic heterocycles. The predicted molar refractivity (Wildman–Crippen MR) is 119 cm³/mol. The lowest BCUT2D eigenvalue weighted by Gasteiger charge is -2.38. The van der Waals surface area contributed by atoms with E-state index >= 15 is 0 Å². The van der Waals surface area contributed by atoms with Gasteiger partial charge in [0.15, 0.2) is 0 Å². The minimum Gasteiger partial charge on any atom is -0.381 e. The molecule has 32 heavy (non-hydrogen) atoms. The third-order valence-electron chi connectivity index (χ3n) is 5.93. The Bertz CT molecular complexity index is 940. The van der Waals surface area contributed by atoms with Gasteiger partial charge in [-0.15, -0.1) is 0 Å². The maximum Gasteiger partial charge on any atom is 0.257 e. The van der Waals surface area contributed by atoms with Crippen molar-refractivity contribution in [2.45, 2.75) is 38.1 Å². The summed E-state index contributed by atoms with van der Waals surface area (Å²) in [7, 11) is 0. The molecule has 1 aliphatic heterocycles. The molecule has 1 atom stereocenters. The molecule has 0 unspecified atom stereocenters. The number of carbonyl (C=O) groups is 2. The topological polar surface area (TPSA) is 67.4 Å².